The molecule has 2 rings (SSSR count). The van der Waals surface area contributed by atoms with Gasteiger partial charge in [-0.05, 0) is 0 Å². The fourth-order valence-electron chi connectivity index (χ4n) is 1.88. The average Bonchev–Trinajstić information content (AvgIpc) is 2.47. The highest BCUT2D eigenvalue weighted by Crippen LogP contribution is 2.36. The highest BCUT2D eigenvalue weighted by molar-refractivity contribution is 8.15. The normalized spacial score (nSPS) is 17.7. The number of hydrogen-bond donors (Lipinski definition) is 3. The van der Waals surface area contributed by atoms with Gasteiger partial charge in [-0.2, -0.15) is 0 Å². The Morgan fingerprint density at radius 2 is 2.09 bits per heavy atom. The van der Waals surface area contributed by atoms with Crippen LogP contribution in [0, 0.1) is 5.41 Å². The van der Waals surface area contributed by atoms with Crippen LogP contribution in [0.2, 0.25) is 5.02 Å². The van der Waals surface area contributed by atoms with Gasteiger partial charge in [-0.25, -0.2) is 0 Å². The SMILES string of the molecule is COc1cc(NC(=O)C2CC(=O)NC(=N)S2)c(OC)cc1Cl. The number of nitrogens with one attached hydrogen (secondary N) is 3. The zero-order chi connectivity index (χ0) is 16.3. The Morgan fingerprint density at radius 1 is 1.41 bits per heavy atom. The standard InChI is InChI=1S/C13H14ClN3O4S/c1-20-8-4-7(9(21-2)3-6(8)14)16-12(19)10-5-11(18)17-13(15)22-10/h3-4,10H,5H2,1-2H3,(H,16,19)(H2,15,17,18). The highest BCUT2D eigenvalue weighted by Gasteiger charge is 2.30. The predicted molar refractivity (Wildman–Crippen MR) is 85.1 cm³/mol. The summed E-state index contributed by atoms with van der Waals surface area (Å²) in [6, 6.07) is 3.07. The van der Waals surface area contributed by atoms with Gasteiger partial charge in [0.15, 0.2) is 5.17 Å². The first kappa shape index (κ1) is 16.4. The fourth-order valence-corrected chi connectivity index (χ4v) is 2.97. The molecule has 7 nitrogen and oxygen atoms in total. The smallest absolute Gasteiger partial charge is 0.238 e. The van der Waals surface area contributed by atoms with Gasteiger partial charge in [0.25, 0.3) is 0 Å². The maximum absolute atomic E-state index is 12.3. The van der Waals surface area contributed by atoms with Gasteiger partial charge < -0.3 is 20.1 Å². The lowest BCUT2D eigenvalue weighted by atomic mass is 10.2. The van der Waals surface area contributed by atoms with Crippen LogP contribution in [-0.2, 0) is 9.59 Å². The number of ether oxygens (including phenoxy) is 2. The van der Waals surface area contributed by atoms with Gasteiger partial charge in [-0.15, -0.1) is 0 Å². The van der Waals surface area contributed by atoms with E-state index in [1.54, 1.807) is 0 Å². The Bertz CT molecular complexity index is 622. The van der Waals surface area contributed by atoms with E-state index in [9.17, 15) is 9.59 Å². The molecule has 0 spiro atoms. The van der Waals surface area contributed by atoms with E-state index in [0.717, 1.165) is 11.8 Å². The summed E-state index contributed by atoms with van der Waals surface area (Å²) in [7, 11) is 2.91. The van der Waals surface area contributed by atoms with Crippen molar-refractivity contribution in [3.8, 4) is 11.5 Å². The van der Waals surface area contributed by atoms with Crippen LogP contribution in [0.15, 0.2) is 12.1 Å². The van der Waals surface area contributed by atoms with Crippen molar-refractivity contribution < 1.29 is 19.1 Å². The second-order valence-corrected chi connectivity index (χ2v) is 5.98. The number of carbonyl (C=O) groups is 2. The number of carbonyl (C=O) groups excluding carboxylic acids is 2. The number of rotatable bonds is 4. The molecule has 0 saturated carbocycles. The topological polar surface area (TPSA) is 101 Å². The molecule has 118 valence electrons. The molecule has 0 aliphatic carbocycles. The molecule has 1 heterocycles. The summed E-state index contributed by atoms with van der Waals surface area (Å²) < 4.78 is 10.3. The van der Waals surface area contributed by atoms with Gasteiger partial charge in [0, 0.05) is 18.6 Å². The number of amides is 2. The maximum atomic E-state index is 12.3. The quantitative estimate of drug-likeness (QED) is 0.774. The molecule has 1 fully saturated rings. The number of hydrogen-bond acceptors (Lipinski definition) is 6. The largest absolute Gasteiger partial charge is 0.495 e. The van der Waals surface area contributed by atoms with Gasteiger partial charge in [0.1, 0.15) is 16.7 Å². The van der Waals surface area contributed by atoms with Crippen molar-refractivity contribution in [2.75, 3.05) is 19.5 Å². The van der Waals surface area contributed by atoms with Crippen LogP contribution in [0.1, 0.15) is 6.42 Å². The van der Waals surface area contributed by atoms with E-state index in [1.165, 1.54) is 26.4 Å². The molecule has 0 aromatic heterocycles. The number of thioether (sulfide) groups is 1. The molecule has 1 aromatic rings. The molecular formula is C13H14ClN3O4S. The lowest BCUT2D eigenvalue weighted by Crippen LogP contribution is -2.41. The molecule has 1 atom stereocenters. The Balaban J connectivity index is 2.20. The summed E-state index contributed by atoms with van der Waals surface area (Å²) in [6.07, 6.45) is 0.00587. The second-order valence-electron chi connectivity index (χ2n) is 4.36. The van der Waals surface area contributed by atoms with Crippen LogP contribution in [0.25, 0.3) is 0 Å². The number of halogens is 1. The Labute approximate surface area is 136 Å². The molecule has 0 radical (unpaired) electrons. The zero-order valence-corrected chi connectivity index (χ0v) is 13.4. The molecule has 2 amide bonds. The summed E-state index contributed by atoms with van der Waals surface area (Å²) in [5.74, 6) is 0.0101. The monoisotopic (exact) mass is 343 g/mol. The van der Waals surface area contributed by atoms with E-state index in [2.05, 4.69) is 10.6 Å². The Morgan fingerprint density at radius 3 is 2.68 bits per heavy atom. The molecule has 1 aliphatic rings. The minimum absolute atomic E-state index is 0.00587. The van der Waals surface area contributed by atoms with E-state index in [0.29, 0.717) is 22.2 Å². The molecule has 9 heteroatoms. The lowest BCUT2D eigenvalue weighted by Gasteiger charge is -2.22. The maximum Gasteiger partial charge on any atom is 0.238 e. The van der Waals surface area contributed by atoms with Crippen molar-refractivity contribution in [1.82, 2.24) is 5.32 Å². The van der Waals surface area contributed by atoms with Crippen molar-refractivity contribution >= 4 is 46.0 Å². The molecule has 1 aromatic carbocycles. The molecule has 0 bridgehead atoms. The van der Waals surface area contributed by atoms with Crippen LogP contribution >= 0.6 is 23.4 Å². The van der Waals surface area contributed by atoms with Crippen LogP contribution < -0.4 is 20.1 Å². The third-order valence-electron chi connectivity index (χ3n) is 2.91. The summed E-state index contributed by atoms with van der Waals surface area (Å²) in [6.45, 7) is 0. The van der Waals surface area contributed by atoms with Crippen molar-refractivity contribution in [3.05, 3.63) is 17.2 Å². The van der Waals surface area contributed by atoms with Gasteiger partial charge >= 0.3 is 0 Å². The molecule has 22 heavy (non-hydrogen) atoms. The second kappa shape index (κ2) is 6.89. The summed E-state index contributed by atoms with van der Waals surface area (Å²) in [5.41, 5.74) is 0.381. The molecule has 1 unspecified atom stereocenters. The van der Waals surface area contributed by atoms with E-state index >= 15 is 0 Å². The summed E-state index contributed by atoms with van der Waals surface area (Å²) in [4.78, 5) is 23.7. The van der Waals surface area contributed by atoms with Crippen LogP contribution in [0.4, 0.5) is 5.69 Å². The molecule has 1 aliphatic heterocycles. The Hall–Kier alpha value is -1.93. The van der Waals surface area contributed by atoms with Crippen LogP contribution in [0.3, 0.4) is 0 Å². The van der Waals surface area contributed by atoms with Gasteiger partial charge in [0.05, 0.1) is 24.9 Å². The first-order chi connectivity index (χ1) is 10.4. The van der Waals surface area contributed by atoms with E-state index in [1.807, 2.05) is 0 Å². The molecule has 1 saturated heterocycles. The molecule has 3 N–H and O–H groups in total. The van der Waals surface area contributed by atoms with Crippen molar-refractivity contribution in [1.29, 1.82) is 5.41 Å². The van der Waals surface area contributed by atoms with Crippen LogP contribution in [-0.4, -0.2) is 36.5 Å². The highest BCUT2D eigenvalue weighted by atomic mass is 35.5. The van der Waals surface area contributed by atoms with Gasteiger partial charge in [-0.3, -0.25) is 15.0 Å². The minimum Gasteiger partial charge on any atom is -0.495 e. The van der Waals surface area contributed by atoms with Gasteiger partial charge in [-0.1, -0.05) is 23.4 Å². The summed E-state index contributed by atoms with van der Waals surface area (Å²) in [5, 5.41) is 12.1. The van der Waals surface area contributed by atoms with Crippen molar-refractivity contribution in [2.45, 2.75) is 11.7 Å². The number of anilines is 1. The van der Waals surface area contributed by atoms with Crippen LogP contribution in [0.5, 0.6) is 11.5 Å². The van der Waals surface area contributed by atoms with E-state index in [4.69, 9.17) is 26.5 Å². The zero-order valence-electron chi connectivity index (χ0n) is 11.9. The third-order valence-corrected chi connectivity index (χ3v) is 4.21. The Kier molecular flexibility index (Phi) is 5.15. The van der Waals surface area contributed by atoms with Crippen molar-refractivity contribution in [3.63, 3.8) is 0 Å². The third kappa shape index (κ3) is 3.63. The van der Waals surface area contributed by atoms with E-state index in [-0.39, 0.29) is 17.5 Å². The van der Waals surface area contributed by atoms with E-state index < -0.39 is 11.2 Å². The lowest BCUT2D eigenvalue weighted by molar-refractivity contribution is -0.123. The van der Waals surface area contributed by atoms with Crippen molar-refractivity contribution in [2.24, 2.45) is 0 Å². The first-order valence-electron chi connectivity index (χ1n) is 6.22. The number of benzene rings is 1. The average molecular weight is 344 g/mol. The first-order valence-corrected chi connectivity index (χ1v) is 7.47. The number of amidine groups is 1. The summed E-state index contributed by atoms with van der Waals surface area (Å²) >= 11 is 6.99. The fraction of sp³-hybridized carbons (Fsp3) is 0.308. The number of methoxy groups -OCH3 is 2. The minimum atomic E-state index is -0.673. The molecular weight excluding hydrogens is 330 g/mol. The predicted octanol–water partition coefficient (Wildman–Crippen LogP) is 1.85. The van der Waals surface area contributed by atoms with Gasteiger partial charge in [0.2, 0.25) is 11.8 Å².